The van der Waals surface area contributed by atoms with E-state index in [1.807, 2.05) is 20.8 Å². The molecule has 2 amide bonds. The van der Waals surface area contributed by atoms with Gasteiger partial charge in [0.05, 0.1) is 5.69 Å². The van der Waals surface area contributed by atoms with E-state index in [0.29, 0.717) is 12.2 Å². The van der Waals surface area contributed by atoms with Crippen LogP contribution in [0.3, 0.4) is 0 Å². The fourth-order valence-corrected chi connectivity index (χ4v) is 2.99. The molecular weight excluding hydrogens is 265 g/mol. The van der Waals surface area contributed by atoms with E-state index in [1.54, 1.807) is 10.4 Å². The second kappa shape index (κ2) is 5.38. The summed E-state index contributed by atoms with van der Waals surface area (Å²) in [6.07, 6.45) is 0. The lowest BCUT2D eigenvalue weighted by molar-refractivity contribution is 0.236. The average molecular weight is 283 g/mol. The first-order chi connectivity index (χ1) is 8.95. The Balaban J connectivity index is 2.44. The van der Waals surface area contributed by atoms with Gasteiger partial charge in [0.2, 0.25) is 0 Å². The molecule has 0 aliphatic carbocycles. The van der Waals surface area contributed by atoms with Gasteiger partial charge in [0, 0.05) is 6.54 Å². The Hall–Kier alpha value is -1.27. The van der Waals surface area contributed by atoms with Crippen molar-refractivity contribution >= 4 is 23.7 Å². The molecule has 104 valence electrons. The maximum Gasteiger partial charge on any atom is 0.336 e. The molecule has 1 saturated heterocycles. The zero-order valence-electron chi connectivity index (χ0n) is 11.3. The van der Waals surface area contributed by atoms with Gasteiger partial charge in [-0.1, -0.05) is 13.8 Å². The van der Waals surface area contributed by atoms with Crippen molar-refractivity contribution in [3.63, 3.8) is 0 Å². The van der Waals surface area contributed by atoms with E-state index in [9.17, 15) is 9.18 Å². The topological polar surface area (TPSA) is 49.6 Å². The molecule has 1 aliphatic heterocycles. The third-order valence-electron chi connectivity index (χ3n) is 3.07. The van der Waals surface area contributed by atoms with Gasteiger partial charge in [-0.15, -0.1) is 0 Å². The van der Waals surface area contributed by atoms with Crippen molar-refractivity contribution in [3.8, 4) is 0 Å². The molecule has 0 aromatic heterocycles. The minimum atomic E-state index is -0.463. The number of carbonyl (C=O) groups is 1. The Kier molecular flexibility index (Phi) is 4.01. The van der Waals surface area contributed by atoms with Crippen LogP contribution >= 0.6 is 11.9 Å². The third-order valence-corrected chi connectivity index (χ3v) is 4.16. The lowest BCUT2D eigenvalue weighted by Gasteiger charge is -2.23. The minimum Gasteiger partial charge on any atom is -0.301 e. The summed E-state index contributed by atoms with van der Waals surface area (Å²) in [5, 5.41) is 0. The standard InChI is InChI=1S/C13H18FN3OS/c1-4-16-13(18)17(12(15)19-16)11-6-5-9(14)7-10(11)8(2)3/h5-8,12H,4,15H2,1-3H3. The fourth-order valence-electron chi connectivity index (χ4n) is 2.11. The van der Waals surface area contributed by atoms with E-state index in [0.717, 1.165) is 5.56 Å². The first kappa shape index (κ1) is 14.1. The summed E-state index contributed by atoms with van der Waals surface area (Å²) in [4.78, 5) is 13.8. The van der Waals surface area contributed by atoms with Crippen LogP contribution in [0.25, 0.3) is 0 Å². The van der Waals surface area contributed by atoms with Crippen molar-refractivity contribution in [2.75, 3.05) is 11.4 Å². The third kappa shape index (κ3) is 2.55. The predicted molar refractivity (Wildman–Crippen MR) is 76.3 cm³/mol. The number of nitrogens with two attached hydrogens (primary N) is 1. The van der Waals surface area contributed by atoms with Gasteiger partial charge in [-0.05, 0) is 48.6 Å². The molecule has 6 heteroatoms. The Morgan fingerprint density at radius 2 is 2.16 bits per heavy atom. The zero-order chi connectivity index (χ0) is 14.2. The number of halogens is 1. The lowest BCUT2D eigenvalue weighted by atomic mass is 10.0. The first-order valence-corrected chi connectivity index (χ1v) is 7.12. The first-order valence-electron chi connectivity index (χ1n) is 6.28. The molecule has 1 aromatic carbocycles. The quantitative estimate of drug-likeness (QED) is 0.867. The molecule has 0 saturated carbocycles. The molecule has 1 atom stereocenters. The number of urea groups is 1. The van der Waals surface area contributed by atoms with Crippen LogP contribution in [0.4, 0.5) is 14.9 Å². The highest BCUT2D eigenvalue weighted by atomic mass is 32.2. The Morgan fingerprint density at radius 3 is 2.68 bits per heavy atom. The van der Waals surface area contributed by atoms with Crippen LogP contribution in [0.1, 0.15) is 32.3 Å². The van der Waals surface area contributed by atoms with Gasteiger partial charge in [-0.25, -0.2) is 9.18 Å². The van der Waals surface area contributed by atoms with Crippen molar-refractivity contribution in [1.29, 1.82) is 0 Å². The van der Waals surface area contributed by atoms with Crippen LogP contribution in [0.15, 0.2) is 18.2 Å². The molecule has 0 radical (unpaired) electrons. The van der Waals surface area contributed by atoms with Gasteiger partial charge in [-0.2, -0.15) is 0 Å². The van der Waals surface area contributed by atoms with E-state index in [1.165, 1.54) is 29.0 Å². The van der Waals surface area contributed by atoms with E-state index in [4.69, 9.17) is 5.73 Å². The number of amides is 2. The molecule has 1 aromatic rings. The number of carbonyl (C=O) groups excluding carboxylic acids is 1. The van der Waals surface area contributed by atoms with Crippen molar-refractivity contribution < 1.29 is 9.18 Å². The normalized spacial score (nSPS) is 19.7. The van der Waals surface area contributed by atoms with Crippen LogP contribution < -0.4 is 10.6 Å². The maximum absolute atomic E-state index is 13.4. The van der Waals surface area contributed by atoms with Crippen molar-refractivity contribution in [2.24, 2.45) is 5.73 Å². The Bertz CT molecular complexity index is 495. The van der Waals surface area contributed by atoms with Crippen molar-refractivity contribution in [3.05, 3.63) is 29.6 Å². The summed E-state index contributed by atoms with van der Waals surface area (Å²) in [6, 6.07) is 4.32. The van der Waals surface area contributed by atoms with Crippen molar-refractivity contribution in [1.82, 2.24) is 4.31 Å². The molecule has 2 N–H and O–H groups in total. The second-order valence-electron chi connectivity index (χ2n) is 4.70. The highest BCUT2D eigenvalue weighted by Gasteiger charge is 2.37. The SMILES string of the molecule is CCN1SC(N)N(c2ccc(F)cc2C(C)C)C1=O. The minimum absolute atomic E-state index is 0.117. The van der Waals surface area contributed by atoms with Gasteiger partial charge in [0.25, 0.3) is 0 Å². The monoisotopic (exact) mass is 283 g/mol. The van der Waals surface area contributed by atoms with Crippen LogP contribution in [-0.2, 0) is 0 Å². The number of nitrogens with zero attached hydrogens (tertiary/aromatic N) is 2. The fraction of sp³-hybridized carbons (Fsp3) is 0.462. The van der Waals surface area contributed by atoms with E-state index in [2.05, 4.69) is 0 Å². The van der Waals surface area contributed by atoms with Crippen LogP contribution in [0.2, 0.25) is 0 Å². The molecule has 1 fully saturated rings. The van der Waals surface area contributed by atoms with E-state index >= 15 is 0 Å². The summed E-state index contributed by atoms with van der Waals surface area (Å²) in [5.41, 5.74) is 7.03. The molecule has 19 heavy (non-hydrogen) atoms. The number of hydrogen-bond acceptors (Lipinski definition) is 3. The molecule has 0 bridgehead atoms. The highest BCUT2D eigenvalue weighted by Crippen LogP contribution is 2.36. The molecule has 0 spiro atoms. The Morgan fingerprint density at radius 1 is 1.47 bits per heavy atom. The molecule has 1 heterocycles. The maximum atomic E-state index is 13.4. The lowest BCUT2D eigenvalue weighted by Crippen LogP contribution is -2.39. The summed E-state index contributed by atoms with van der Waals surface area (Å²) in [6.45, 7) is 6.42. The van der Waals surface area contributed by atoms with Crippen LogP contribution in [0.5, 0.6) is 0 Å². The van der Waals surface area contributed by atoms with Crippen LogP contribution in [0, 0.1) is 5.82 Å². The van der Waals surface area contributed by atoms with E-state index < -0.39 is 5.50 Å². The second-order valence-corrected chi connectivity index (χ2v) is 5.84. The van der Waals surface area contributed by atoms with Gasteiger partial charge >= 0.3 is 6.03 Å². The molecule has 4 nitrogen and oxygen atoms in total. The molecule has 2 rings (SSSR count). The molecule has 1 unspecified atom stereocenters. The van der Waals surface area contributed by atoms with Gasteiger partial charge in [-0.3, -0.25) is 9.21 Å². The summed E-state index contributed by atoms with van der Waals surface area (Å²) in [7, 11) is 0. The zero-order valence-corrected chi connectivity index (χ0v) is 12.1. The predicted octanol–water partition coefficient (Wildman–Crippen LogP) is 3.10. The highest BCUT2D eigenvalue weighted by molar-refractivity contribution is 7.98. The largest absolute Gasteiger partial charge is 0.336 e. The number of anilines is 1. The summed E-state index contributed by atoms with van der Waals surface area (Å²) in [5.74, 6) is -0.181. The van der Waals surface area contributed by atoms with Crippen LogP contribution in [-0.4, -0.2) is 22.4 Å². The van der Waals surface area contributed by atoms with Gasteiger partial charge < -0.3 is 5.73 Å². The Labute approximate surface area is 116 Å². The number of benzene rings is 1. The van der Waals surface area contributed by atoms with E-state index in [-0.39, 0.29) is 17.8 Å². The molecular formula is C13H18FN3OS. The van der Waals surface area contributed by atoms with Gasteiger partial charge in [0.15, 0.2) is 5.50 Å². The summed E-state index contributed by atoms with van der Waals surface area (Å²) < 4.78 is 15.0. The number of hydrogen-bond donors (Lipinski definition) is 1. The smallest absolute Gasteiger partial charge is 0.301 e. The molecule has 1 aliphatic rings. The summed E-state index contributed by atoms with van der Waals surface area (Å²) >= 11 is 1.29. The van der Waals surface area contributed by atoms with Gasteiger partial charge in [0.1, 0.15) is 5.82 Å². The van der Waals surface area contributed by atoms with Crippen molar-refractivity contribution in [2.45, 2.75) is 32.2 Å². The average Bonchev–Trinajstić information content (AvgIpc) is 2.64. The number of rotatable bonds is 3.